The van der Waals surface area contributed by atoms with Gasteiger partial charge in [-0.25, -0.2) is 4.98 Å². The number of pyridine rings is 1. The van der Waals surface area contributed by atoms with Crippen LogP contribution >= 0.6 is 0 Å². The number of halogens is 3. The molecule has 1 aromatic rings. The fourth-order valence-electron chi connectivity index (χ4n) is 1.34. The van der Waals surface area contributed by atoms with E-state index in [4.69, 9.17) is 10.5 Å². The van der Waals surface area contributed by atoms with Gasteiger partial charge in [-0.3, -0.25) is 4.79 Å². The molecule has 0 aromatic carbocycles. The number of alkyl halides is 3. The zero-order valence-electron chi connectivity index (χ0n) is 10.3. The molecule has 0 aliphatic carbocycles. The van der Waals surface area contributed by atoms with Gasteiger partial charge in [0.1, 0.15) is 11.5 Å². The predicted molar refractivity (Wildman–Crippen MR) is 62.7 cm³/mol. The lowest BCUT2D eigenvalue weighted by Crippen LogP contribution is -2.20. The summed E-state index contributed by atoms with van der Waals surface area (Å²) in [5.74, 6) is -1.04. The van der Waals surface area contributed by atoms with Crippen LogP contribution < -0.4 is 11.1 Å². The minimum atomic E-state index is -4.58. The van der Waals surface area contributed by atoms with Crippen molar-refractivity contribution < 1.29 is 22.7 Å². The molecule has 0 radical (unpaired) electrons. The van der Waals surface area contributed by atoms with Crippen LogP contribution in [-0.2, 0) is 10.9 Å². The van der Waals surface area contributed by atoms with Gasteiger partial charge in [-0.2, -0.15) is 13.2 Å². The molecule has 1 aromatic heterocycles. The number of rotatable bonds is 6. The van der Waals surface area contributed by atoms with E-state index in [0.29, 0.717) is 12.7 Å². The van der Waals surface area contributed by atoms with Crippen molar-refractivity contribution in [3.05, 3.63) is 23.4 Å². The van der Waals surface area contributed by atoms with Crippen molar-refractivity contribution in [3.63, 3.8) is 0 Å². The zero-order valence-corrected chi connectivity index (χ0v) is 10.3. The largest absolute Gasteiger partial charge is 0.433 e. The van der Waals surface area contributed by atoms with Gasteiger partial charge in [-0.1, -0.05) is 0 Å². The third kappa shape index (κ3) is 4.40. The maximum absolute atomic E-state index is 12.5. The quantitative estimate of drug-likeness (QED) is 0.775. The number of carbonyl (C=O) groups excluding carboxylic acids is 1. The minimum absolute atomic E-state index is 0.0931. The van der Waals surface area contributed by atoms with Gasteiger partial charge in [0.25, 0.3) is 5.91 Å². The molecule has 3 N–H and O–H groups in total. The van der Waals surface area contributed by atoms with Crippen LogP contribution in [0.25, 0.3) is 0 Å². The van der Waals surface area contributed by atoms with Crippen molar-refractivity contribution >= 4 is 11.7 Å². The number of hydrogen-bond acceptors (Lipinski definition) is 4. The Morgan fingerprint density at radius 3 is 2.68 bits per heavy atom. The summed E-state index contributed by atoms with van der Waals surface area (Å²) >= 11 is 0. The first-order valence-corrected chi connectivity index (χ1v) is 5.56. The number of aromatic nitrogens is 1. The molecule has 0 saturated carbocycles. The van der Waals surface area contributed by atoms with Crippen molar-refractivity contribution in [1.29, 1.82) is 0 Å². The van der Waals surface area contributed by atoms with Crippen LogP contribution in [0.2, 0.25) is 0 Å². The molecule has 0 unspecified atom stereocenters. The van der Waals surface area contributed by atoms with E-state index in [-0.39, 0.29) is 24.5 Å². The van der Waals surface area contributed by atoms with E-state index in [9.17, 15) is 18.0 Å². The molecule has 1 heterocycles. The summed E-state index contributed by atoms with van der Waals surface area (Å²) in [5, 5.41) is 2.60. The SMILES string of the molecule is CCOCCNc1nc(C(F)(F)F)ccc1C(N)=O. The first-order chi connectivity index (χ1) is 8.86. The molecule has 0 fully saturated rings. The second-order valence-corrected chi connectivity index (χ2v) is 3.58. The molecular formula is C11H14F3N3O2. The van der Waals surface area contributed by atoms with E-state index in [0.717, 1.165) is 6.07 Å². The minimum Gasteiger partial charge on any atom is -0.380 e. The van der Waals surface area contributed by atoms with Crippen LogP contribution in [-0.4, -0.2) is 30.6 Å². The molecule has 8 heteroatoms. The summed E-state index contributed by atoms with van der Waals surface area (Å²) in [6, 6.07) is 1.72. The van der Waals surface area contributed by atoms with Crippen molar-refractivity contribution in [2.45, 2.75) is 13.1 Å². The Morgan fingerprint density at radius 1 is 1.47 bits per heavy atom. The molecule has 0 aliphatic heterocycles. The average Bonchev–Trinajstić information content (AvgIpc) is 2.33. The predicted octanol–water partition coefficient (Wildman–Crippen LogP) is 1.65. The summed E-state index contributed by atoms with van der Waals surface area (Å²) in [5.41, 5.74) is 3.89. The Morgan fingerprint density at radius 2 is 2.16 bits per heavy atom. The van der Waals surface area contributed by atoms with Crippen LogP contribution in [0.5, 0.6) is 0 Å². The molecule has 1 rings (SSSR count). The maximum Gasteiger partial charge on any atom is 0.433 e. The van der Waals surface area contributed by atoms with Gasteiger partial charge in [-0.15, -0.1) is 0 Å². The lowest BCUT2D eigenvalue weighted by molar-refractivity contribution is -0.141. The number of hydrogen-bond donors (Lipinski definition) is 2. The molecule has 5 nitrogen and oxygen atoms in total. The second kappa shape index (κ2) is 6.37. The topological polar surface area (TPSA) is 77.2 Å². The molecular weight excluding hydrogens is 263 g/mol. The molecule has 0 saturated heterocycles. The van der Waals surface area contributed by atoms with E-state index >= 15 is 0 Å². The summed E-state index contributed by atoms with van der Waals surface area (Å²) in [4.78, 5) is 14.5. The van der Waals surface area contributed by atoms with Gasteiger partial charge >= 0.3 is 6.18 Å². The van der Waals surface area contributed by atoms with E-state index in [1.807, 2.05) is 0 Å². The van der Waals surface area contributed by atoms with Gasteiger partial charge in [-0.05, 0) is 19.1 Å². The summed E-state index contributed by atoms with van der Waals surface area (Å²) in [6.45, 7) is 2.78. The Kier molecular flexibility index (Phi) is 5.11. The number of amides is 1. The first kappa shape index (κ1) is 15.2. The fraction of sp³-hybridized carbons (Fsp3) is 0.455. The third-order valence-corrected chi connectivity index (χ3v) is 2.19. The van der Waals surface area contributed by atoms with Gasteiger partial charge in [0, 0.05) is 13.2 Å². The fourth-order valence-corrected chi connectivity index (χ4v) is 1.34. The summed E-state index contributed by atoms with van der Waals surface area (Å²) < 4.78 is 42.6. The highest BCUT2D eigenvalue weighted by molar-refractivity contribution is 5.97. The molecule has 0 spiro atoms. The molecule has 1 amide bonds. The van der Waals surface area contributed by atoms with Crippen LogP contribution in [0.15, 0.2) is 12.1 Å². The van der Waals surface area contributed by atoms with Crippen molar-refractivity contribution in [3.8, 4) is 0 Å². The number of ether oxygens (including phenoxy) is 1. The highest BCUT2D eigenvalue weighted by Gasteiger charge is 2.33. The lowest BCUT2D eigenvalue weighted by Gasteiger charge is -2.12. The van der Waals surface area contributed by atoms with E-state index in [2.05, 4.69) is 10.3 Å². The molecule has 0 bridgehead atoms. The van der Waals surface area contributed by atoms with E-state index < -0.39 is 17.8 Å². The van der Waals surface area contributed by atoms with Crippen LogP contribution in [0, 0.1) is 0 Å². The Hall–Kier alpha value is -1.83. The normalized spacial score (nSPS) is 11.4. The molecule has 0 aliphatic rings. The first-order valence-electron chi connectivity index (χ1n) is 5.56. The number of nitrogens with one attached hydrogen (secondary N) is 1. The average molecular weight is 277 g/mol. The highest BCUT2D eigenvalue weighted by atomic mass is 19.4. The summed E-state index contributed by atoms with van der Waals surface area (Å²) in [7, 11) is 0. The number of primary amides is 1. The maximum atomic E-state index is 12.5. The second-order valence-electron chi connectivity index (χ2n) is 3.58. The van der Waals surface area contributed by atoms with Crippen molar-refractivity contribution in [2.24, 2.45) is 5.73 Å². The Bertz CT molecular complexity index is 449. The number of carbonyl (C=O) groups is 1. The van der Waals surface area contributed by atoms with Crippen molar-refractivity contribution in [1.82, 2.24) is 4.98 Å². The van der Waals surface area contributed by atoms with E-state index in [1.54, 1.807) is 6.92 Å². The van der Waals surface area contributed by atoms with E-state index in [1.165, 1.54) is 0 Å². The monoisotopic (exact) mass is 277 g/mol. The standard InChI is InChI=1S/C11H14F3N3O2/c1-2-19-6-5-16-10-7(9(15)18)3-4-8(17-10)11(12,13)14/h3-4H,2,5-6H2,1H3,(H2,15,18)(H,16,17). The van der Waals surface area contributed by atoms with Gasteiger partial charge in [0.05, 0.1) is 12.2 Å². The van der Waals surface area contributed by atoms with Crippen LogP contribution in [0.3, 0.4) is 0 Å². The third-order valence-electron chi connectivity index (χ3n) is 2.19. The zero-order chi connectivity index (χ0) is 14.5. The summed E-state index contributed by atoms with van der Waals surface area (Å²) in [6.07, 6.45) is -4.58. The molecule has 106 valence electrons. The van der Waals surface area contributed by atoms with Gasteiger partial charge < -0.3 is 15.8 Å². The van der Waals surface area contributed by atoms with Gasteiger partial charge in [0.15, 0.2) is 0 Å². The number of nitrogens with two attached hydrogens (primary N) is 1. The van der Waals surface area contributed by atoms with Crippen LogP contribution in [0.4, 0.5) is 19.0 Å². The Balaban J connectivity index is 2.93. The van der Waals surface area contributed by atoms with Gasteiger partial charge in [0.2, 0.25) is 0 Å². The van der Waals surface area contributed by atoms with Crippen molar-refractivity contribution in [2.75, 3.05) is 25.1 Å². The Labute approximate surface area is 108 Å². The molecule has 19 heavy (non-hydrogen) atoms. The molecule has 0 atom stereocenters. The number of anilines is 1. The number of nitrogens with zero attached hydrogens (tertiary/aromatic N) is 1. The lowest BCUT2D eigenvalue weighted by atomic mass is 10.2. The smallest absolute Gasteiger partial charge is 0.380 e. The van der Waals surface area contributed by atoms with Crippen LogP contribution in [0.1, 0.15) is 23.0 Å². The highest BCUT2D eigenvalue weighted by Crippen LogP contribution is 2.29.